The summed E-state index contributed by atoms with van der Waals surface area (Å²) in [5, 5.41) is 3.78. The zero-order chi connectivity index (χ0) is 17.9. The minimum atomic E-state index is -3.60. The summed E-state index contributed by atoms with van der Waals surface area (Å²) in [7, 11) is -2.13. The number of sulfonamides is 1. The van der Waals surface area contributed by atoms with Crippen molar-refractivity contribution in [1.82, 2.24) is 14.5 Å². The first-order valence-corrected chi connectivity index (χ1v) is 10.6. The Labute approximate surface area is 155 Å². The Morgan fingerprint density at radius 3 is 2.52 bits per heavy atom. The highest BCUT2D eigenvalue weighted by Gasteiger charge is 2.31. The maximum absolute atomic E-state index is 13.0. The zero-order valence-corrected chi connectivity index (χ0v) is 16.2. The number of benzene rings is 1. The van der Waals surface area contributed by atoms with Crippen LogP contribution in [0.1, 0.15) is 12.8 Å². The van der Waals surface area contributed by atoms with Crippen LogP contribution in [0, 0.1) is 5.92 Å². The minimum Gasteiger partial charge on any atom is -0.495 e. The molecule has 3 rings (SSSR count). The Bertz CT molecular complexity index is 684. The van der Waals surface area contributed by atoms with Crippen molar-refractivity contribution in [2.24, 2.45) is 5.92 Å². The molecule has 1 aromatic carbocycles. The van der Waals surface area contributed by atoms with Crippen molar-refractivity contribution >= 4 is 21.6 Å². The lowest BCUT2D eigenvalue weighted by Gasteiger charge is -2.36. The van der Waals surface area contributed by atoms with Crippen LogP contribution in [0.25, 0.3) is 0 Å². The van der Waals surface area contributed by atoms with Gasteiger partial charge >= 0.3 is 0 Å². The molecule has 0 bridgehead atoms. The quantitative estimate of drug-likeness (QED) is 0.832. The molecule has 0 amide bonds. The summed E-state index contributed by atoms with van der Waals surface area (Å²) in [6.45, 7) is 5.79. The van der Waals surface area contributed by atoms with Crippen molar-refractivity contribution in [1.29, 1.82) is 0 Å². The molecule has 0 aliphatic carbocycles. The molecule has 2 fully saturated rings. The Kier molecular flexibility index (Phi) is 6.22. The topological polar surface area (TPSA) is 61.9 Å². The van der Waals surface area contributed by atoms with Gasteiger partial charge in [-0.2, -0.15) is 4.31 Å². The van der Waals surface area contributed by atoms with Crippen LogP contribution in [0.3, 0.4) is 0 Å². The van der Waals surface area contributed by atoms with E-state index < -0.39 is 10.0 Å². The van der Waals surface area contributed by atoms with E-state index in [2.05, 4.69) is 10.2 Å². The van der Waals surface area contributed by atoms with E-state index in [1.807, 2.05) is 0 Å². The molecule has 2 aliphatic heterocycles. The van der Waals surface area contributed by atoms with E-state index in [4.69, 9.17) is 16.3 Å². The Hall–Kier alpha value is -0.860. The van der Waals surface area contributed by atoms with Gasteiger partial charge in [-0.25, -0.2) is 8.42 Å². The van der Waals surface area contributed by atoms with E-state index in [0.29, 0.717) is 23.9 Å². The van der Waals surface area contributed by atoms with Gasteiger partial charge in [0.1, 0.15) is 10.6 Å². The number of ether oxygens (including phenoxy) is 1. The molecule has 25 heavy (non-hydrogen) atoms. The largest absolute Gasteiger partial charge is 0.495 e. The molecule has 6 nitrogen and oxygen atoms in total. The van der Waals surface area contributed by atoms with Crippen molar-refractivity contribution in [3.8, 4) is 5.75 Å². The van der Waals surface area contributed by atoms with Gasteiger partial charge < -0.3 is 15.0 Å². The average Bonchev–Trinajstić information content (AvgIpc) is 2.63. The highest BCUT2D eigenvalue weighted by Crippen LogP contribution is 2.30. The molecule has 140 valence electrons. The molecular formula is C17H26ClN3O3S. The third-order valence-electron chi connectivity index (χ3n) is 5.05. The fourth-order valence-electron chi connectivity index (χ4n) is 3.57. The second kappa shape index (κ2) is 8.22. The van der Waals surface area contributed by atoms with Gasteiger partial charge in [-0.05, 0) is 50.0 Å². The van der Waals surface area contributed by atoms with Gasteiger partial charge in [0, 0.05) is 37.7 Å². The van der Waals surface area contributed by atoms with Crippen molar-refractivity contribution in [3.63, 3.8) is 0 Å². The summed E-state index contributed by atoms with van der Waals surface area (Å²) in [5.41, 5.74) is 0. The number of hydrogen-bond acceptors (Lipinski definition) is 5. The van der Waals surface area contributed by atoms with Crippen LogP contribution in [0.2, 0.25) is 5.02 Å². The molecule has 2 heterocycles. The molecule has 0 radical (unpaired) electrons. The van der Waals surface area contributed by atoms with Crippen LogP contribution in [0.15, 0.2) is 23.1 Å². The molecular weight excluding hydrogens is 362 g/mol. The summed E-state index contributed by atoms with van der Waals surface area (Å²) in [5.74, 6) is 1.05. The highest BCUT2D eigenvalue weighted by atomic mass is 35.5. The lowest BCUT2D eigenvalue weighted by molar-refractivity contribution is 0.152. The van der Waals surface area contributed by atoms with Crippen molar-refractivity contribution in [2.45, 2.75) is 17.7 Å². The number of piperidine rings is 1. The first kappa shape index (κ1) is 18.9. The first-order valence-electron chi connectivity index (χ1n) is 8.77. The first-order chi connectivity index (χ1) is 12.0. The average molecular weight is 388 g/mol. The van der Waals surface area contributed by atoms with Crippen LogP contribution < -0.4 is 10.1 Å². The summed E-state index contributed by atoms with van der Waals surface area (Å²) in [6.07, 6.45) is 2.41. The van der Waals surface area contributed by atoms with Crippen molar-refractivity contribution in [3.05, 3.63) is 23.2 Å². The molecule has 0 aromatic heterocycles. The second-order valence-corrected chi connectivity index (χ2v) is 9.04. The van der Waals surface area contributed by atoms with Gasteiger partial charge in [0.15, 0.2) is 0 Å². The number of piperazine rings is 1. The van der Waals surface area contributed by atoms with E-state index in [1.165, 1.54) is 26.0 Å². The summed E-state index contributed by atoms with van der Waals surface area (Å²) in [4.78, 5) is 2.53. The van der Waals surface area contributed by atoms with Gasteiger partial charge in [0.2, 0.25) is 10.0 Å². The van der Waals surface area contributed by atoms with E-state index in [-0.39, 0.29) is 4.90 Å². The standard InChI is InChI=1S/C17H26ClN3O3S/c1-24-16-3-2-15(18)12-17(16)25(22,23)21-10-8-20(9-11-21)13-14-4-6-19-7-5-14/h2-3,12,14,19H,4-11,13H2,1H3. The van der Waals surface area contributed by atoms with Gasteiger partial charge in [0.05, 0.1) is 7.11 Å². The number of methoxy groups -OCH3 is 1. The van der Waals surface area contributed by atoms with Gasteiger partial charge in [0.25, 0.3) is 0 Å². The lowest BCUT2D eigenvalue weighted by Crippen LogP contribution is -2.50. The minimum absolute atomic E-state index is 0.148. The predicted octanol–water partition coefficient (Wildman–Crippen LogP) is 1.65. The summed E-state index contributed by atoms with van der Waals surface area (Å²) >= 11 is 6.00. The summed E-state index contributed by atoms with van der Waals surface area (Å²) < 4.78 is 32.7. The molecule has 1 aromatic rings. The second-order valence-electron chi connectivity index (χ2n) is 6.69. The number of nitrogens with one attached hydrogen (secondary N) is 1. The molecule has 0 atom stereocenters. The third kappa shape index (κ3) is 4.46. The van der Waals surface area contributed by atoms with Crippen LogP contribution in [0.4, 0.5) is 0 Å². The Morgan fingerprint density at radius 1 is 1.20 bits per heavy atom. The molecule has 1 N–H and O–H groups in total. The molecule has 0 saturated carbocycles. The van der Waals surface area contributed by atoms with Gasteiger partial charge in [-0.15, -0.1) is 0 Å². The Morgan fingerprint density at radius 2 is 1.88 bits per heavy atom. The molecule has 0 spiro atoms. The maximum atomic E-state index is 13.0. The Balaban J connectivity index is 1.64. The maximum Gasteiger partial charge on any atom is 0.246 e. The van der Waals surface area contributed by atoms with E-state index >= 15 is 0 Å². The molecule has 2 saturated heterocycles. The van der Waals surface area contributed by atoms with E-state index in [9.17, 15) is 8.42 Å². The smallest absolute Gasteiger partial charge is 0.246 e. The van der Waals surface area contributed by atoms with Crippen LogP contribution in [-0.4, -0.2) is 70.5 Å². The molecule has 2 aliphatic rings. The van der Waals surface area contributed by atoms with Gasteiger partial charge in [-0.3, -0.25) is 0 Å². The monoisotopic (exact) mass is 387 g/mol. The van der Waals surface area contributed by atoms with Crippen LogP contribution in [0.5, 0.6) is 5.75 Å². The number of rotatable bonds is 5. The van der Waals surface area contributed by atoms with Crippen molar-refractivity contribution < 1.29 is 13.2 Å². The van der Waals surface area contributed by atoms with Gasteiger partial charge in [-0.1, -0.05) is 11.6 Å². The van der Waals surface area contributed by atoms with Crippen LogP contribution in [-0.2, 0) is 10.0 Å². The SMILES string of the molecule is COc1ccc(Cl)cc1S(=O)(=O)N1CCN(CC2CCNCC2)CC1. The zero-order valence-electron chi connectivity index (χ0n) is 14.6. The predicted molar refractivity (Wildman–Crippen MR) is 98.8 cm³/mol. The lowest BCUT2D eigenvalue weighted by atomic mass is 9.97. The van der Waals surface area contributed by atoms with E-state index in [1.54, 1.807) is 16.4 Å². The third-order valence-corrected chi connectivity index (χ3v) is 7.20. The number of nitrogens with zero attached hydrogens (tertiary/aromatic N) is 2. The molecule has 8 heteroatoms. The fourth-order valence-corrected chi connectivity index (χ4v) is 5.41. The normalized spacial score (nSPS) is 21.4. The molecule has 0 unspecified atom stereocenters. The van der Waals surface area contributed by atoms with Crippen LogP contribution >= 0.6 is 11.6 Å². The fraction of sp³-hybridized carbons (Fsp3) is 0.647. The highest BCUT2D eigenvalue weighted by molar-refractivity contribution is 7.89. The number of hydrogen-bond donors (Lipinski definition) is 1. The number of halogens is 1. The summed E-state index contributed by atoms with van der Waals surface area (Å²) in [6, 6.07) is 4.70. The van der Waals surface area contributed by atoms with Crippen molar-refractivity contribution in [2.75, 3.05) is 52.9 Å². The van der Waals surface area contributed by atoms with E-state index in [0.717, 1.165) is 38.6 Å².